The van der Waals surface area contributed by atoms with Crippen LogP contribution in [0.25, 0.3) is 33.8 Å². The van der Waals surface area contributed by atoms with Crippen LogP contribution in [-0.4, -0.2) is 66.1 Å². The van der Waals surface area contributed by atoms with E-state index in [1.165, 1.54) is 12.8 Å². The minimum Gasteiger partial charge on any atom is -0.339 e. The zero-order chi connectivity index (χ0) is 28.0. The van der Waals surface area contributed by atoms with Gasteiger partial charge in [-0.3, -0.25) is 19.3 Å². The normalized spacial score (nSPS) is 21.8. The molecule has 40 heavy (non-hydrogen) atoms. The van der Waals surface area contributed by atoms with Crippen molar-refractivity contribution in [3.05, 3.63) is 40.1 Å². The van der Waals surface area contributed by atoms with Crippen LogP contribution in [0, 0.1) is 11.8 Å². The molecule has 12 heteroatoms. The van der Waals surface area contributed by atoms with Gasteiger partial charge in [-0.05, 0) is 43.7 Å². The van der Waals surface area contributed by atoms with Gasteiger partial charge in [0.05, 0.1) is 21.7 Å². The second-order valence-corrected chi connectivity index (χ2v) is 11.7. The summed E-state index contributed by atoms with van der Waals surface area (Å²) in [5, 5.41) is 4.37. The van der Waals surface area contributed by atoms with E-state index in [1.54, 1.807) is 19.3 Å². The largest absolute Gasteiger partial charge is 0.439 e. The Hall–Kier alpha value is -3.73. The first-order valence-corrected chi connectivity index (χ1v) is 14.3. The molecular weight excluding hydrogens is 532 g/mol. The molecule has 1 amide bonds. The van der Waals surface area contributed by atoms with Crippen molar-refractivity contribution >= 4 is 34.5 Å². The number of H-pyrrole nitrogens is 1. The Morgan fingerprint density at radius 3 is 2.60 bits per heavy atom. The third kappa shape index (κ3) is 5.10. The Labute approximate surface area is 236 Å². The number of nitrogens with zero attached hydrogens (tertiary/aromatic N) is 7. The number of carbonyl (C=O) groups excluding carboxylic acids is 1. The number of aromatic amines is 1. The molecule has 1 saturated carbocycles. The highest BCUT2D eigenvalue weighted by Gasteiger charge is 2.31. The predicted octanol–water partition coefficient (Wildman–Crippen LogP) is 4.37. The lowest BCUT2D eigenvalue weighted by Crippen LogP contribution is -2.54. The second-order valence-electron chi connectivity index (χ2n) is 11.2. The van der Waals surface area contributed by atoms with E-state index in [0.29, 0.717) is 42.0 Å². The molecule has 1 saturated heterocycles. The number of imidazole rings is 1. The first kappa shape index (κ1) is 26.5. The lowest BCUT2D eigenvalue weighted by molar-refractivity contribution is -0.129. The minimum absolute atomic E-state index is 0.0789. The number of anilines is 1. The zero-order valence-corrected chi connectivity index (χ0v) is 23.7. The number of piperazine rings is 1. The molecule has 0 spiro atoms. The van der Waals surface area contributed by atoms with Crippen molar-refractivity contribution in [1.29, 1.82) is 0 Å². The molecule has 1 aliphatic heterocycles. The molecular formula is C28H33ClN8O3. The number of aromatic nitrogens is 6. The fraction of sp³-hybridized carbons (Fsp3) is 0.500. The van der Waals surface area contributed by atoms with Crippen molar-refractivity contribution in [1.82, 2.24) is 34.6 Å². The molecule has 0 unspecified atom stereocenters. The van der Waals surface area contributed by atoms with Gasteiger partial charge in [-0.2, -0.15) is 0 Å². The lowest BCUT2D eigenvalue weighted by atomic mass is 9.83. The van der Waals surface area contributed by atoms with Gasteiger partial charge in [0.1, 0.15) is 5.69 Å². The van der Waals surface area contributed by atoms with Crippen molar-refractivity contribution in [2.24, 2.45) is 11.8 Å². The topological polar surface area (TPSA) is 126 Å². The number of nitrogens with one attached hydrogen (secondary N) is 1. The van der Waals surface area contributed by atoms with Crippen LogP contribution in [-0.2, 0) is 11.3 Å². The van der Waals surface area contributed by atoms with Gasteiger partial charge in [-0.15, -0.1) is 0 Å². The van der Waals surface area contributed by atoms with Crippen molar-refractivity contribution < 1.29 is 9.32 Å². The van der Waals surface area contributed by atoms with E-state index in [0.717, 1.165) is 47.8 Å². The van der Waals surface area contributed by atoms with Crippen LogP contribution < -0.4 is 10.7 Å². The molecule has 4 aromatic heterocycles. The van der Waals surface area contributed by atoms with Gasteiger partial charge in [0.15, 0.2) is 0 Å². The summed E-state index contributed by atoms with van der Waals surface area (Å²) < 4.78 is 7.07. The van der Waals surface area contributed by atoms with Gasteiger partial charge in [0.2, 0.25) is 17.7 Å². The molecule has 1 atom stereocenters. The Balaban J connectivity index is 1.54. The van der Waals surface area contributed by atoms with Gasteiger partial charge in [-0.1, -0.05) is 36.5 Å². The number of pyridine rings is 2. The van der Waals surface area contributed by atoms with E-state index in [-0.39, 0.29) is 17.8 Å². The monoisotopic (exact) mass is 564 g/mol. The van der Waals surface area contributed by atoms with E-state index in [1.807, 2.05) is 17.0 Å². The summed E-state index contributed by atoms with van der Waals surface area (Å²) >= 11 is 6.37. The smallest absolute Gasteiger partial charge is 0.339 e. The Morgan fingerprint density at radius 2 is 1.93 bits per heavy atom. The third-order valence-electron chi connectivity index (χ3n) is 8.27. The van der Waals surface area contributed by atoms with Crippen molar-refractivity contribution in [3.8, 4) is 22.8 Å². The van der Waals surface area contributed by atoms with E-state index in [9.17, 15) is 9.59 Å². The number of rotatable bonds is 5. The van der Waals surface area contributed by atoms with Gasteiger partial charge in [-0.25, -0.2) is 14.8 Å². The summed E-state index contributed by atoms with van der Waals surface area (Å²) in [5.74, 6) is 1.77. The number of fused-ring (bicyclic) bond motifs is 1. The summed E-state index contributed by atoms with van der Waals surface area (Å²) in [6.45, 7) is 8.83. The zero-order valence-electron chi connectivity index (χ0n) is 22.9. The maximum absolute atomic E-state index is 12.1. The fourth-order valence-corrected chi connectivity index (χ4v) is 6.23. The molecule has 11 nitrogen and oxygen atoms in total. The molecule has 0 aromatic carbocycles. The molecule has 2 aliphatic rings. The molecule has 5 heterocycles. The van der Waals surface area contributed by atoms with Crippen LogP contribution in [0.2, 0.25) is 5.02 Å². The average molecular weight is 565 g/mol. The number of halogens is 1. The second kappa shape index (κ2) is 10.7. The molecule has 1 N–H and O–H groups in total. The highest BCUT2D eigenvalue weighted by molar-refractivity contribution is 6.30. The maximum atomic E-state index is 12.1. The van der Waals surface area contributed by atoms with Crippen LogP contribution in [0.3, 0.4) is 0 Å². The first-order chi connectivity index (χ1) is 19.3. The van der Waals surface area contributed by atoms with Crippen LogP contribution in [0.1, 0.15) is 46.5 Å². The fourth-order valence-electron chi connectivity index (χ4n) is 6.05. The van der Waals surface area contributed by atoms with E-state index in [2.05, 4.69) is 38.4 Å². The first-order valence-electron chi connectivity index (χ1n) is 13.9. The minimum atomic E-state index is -0.655. The summed E-state index contributed by atoms with van der Waals surface area (Å²) in [6, 6.07) is 3.75. The van der Waals surface area contributed by atoms with Gasteiger partial charge in [0.25, 0.3) is 0 Å². The van der Waals surface area contributed by atoms with Crippen LogP contribution in [0.4, 0.5) is 5.95 Å². The van der Waals surface area contributed by atoms with E-state index in [4.69, 9.17) is 26.1 Å². The highest BCUT2D eigenvalue weighted by atomic mass is 35.5. The lowest BCUT2D eigenvalue weighted by Gasteiger charge is -2.40. The molecule has 210 valence electrons. The van der Waals surface area contributed by atoms with Crippen molar-refractivity contribution in [3.63, 3.8) is 0 Å². The molecule has 1 aliphatic carbocycles. The molecule has 0 bridgehead atoms. The van der Waals surface area contributed by atoms with Crippen LogP contribution in [0.5, 0.6) is 0 Å². The Kier molecular flexibility index (Phi) is 7.07. The van der Waals surface area contributed by atoms with Gasteiger partial charge < -0.3 is 14.4 Å². The molecule has 4 aromatic rings. The van der Waals surface area contributed by atoms with Crippen molar-refractivity contribution in [2.75, 3.05) is 24.5 Å². The standard InChI is InChI=1S/C28H33ClN8O3/c1-16-4-6-19(7-5-16)15-37-25-22(32-27(37)36-9-8-35(18(3)38)14-17(36)2)11-23(26-33-28(39)40-34-26)31-24(25)20-10-21(29)13-30-12-20/h10-13,16-17,19H,4-9,14-15H2,1-3H3,(H,33,34,39)/t16?,17-,19?/m1/s1. The number of amides is 1. The van der Waals surface area contributed by atoms with Gasteiger partial charge >= 0.3 is 5.76 Å². The molecule has 2 fully saturated rings. The third-order valence-corrected chi connectivity index (χ3v) is 8.48. The number of carbonyl (C=O) groups is 1. The number of hydrogen-bond acceptors (Lipinski definition) is 8. The molecule has 6 rings (SSSR count). The maximum Gasteiger partial charge on any atom is 0.439 e. The SMILES string of the molecule is CC(=O)N1CCN(c2nc3cc(-c4noc(=O)[nH]4)nc(-c4cncc(Cl)c4)c3n2CC2CCC(C)CC2)[C@H](C)C1. The van der Waals surface area contributed by atoms with Gasteiger partial charge in [0, 0.05) is 57.1 Å². The van der Waals surface area contributed by atoms with E-state index >= 15 is 0 Å². The van der Waals surface area contributed by atoms with Crippen LogP contribution in [0.15, 0.2) is 33.8 Å². The Bertz CT molecular complexity index is 1600. The Morgan fingerprint density at radius 1 is 1.12 bits per heavy atom. The van der Waals surface area contributed by atoms with Crippen LogP contribution >= 0.6 is 11.6 Å². The summed E-state index contributed by atoms with van der Waals surface area (Å²) in [4.78, 5) is 45.1. The summed E-state index contributed by atoms with van der Waals surface area (Å²) in [5.41, 5.74) is 3.44. The van der Waals surface area contributed by atoms with Crippen molar-refractivity contribution in [2.45, 2.75) is 59.0 Å². The summed E-state index contributed by atoms with van der Waals surface area (Å²) in [7, 11) is 0. The highest BCUT2D eigenvalue weighted by Crippen LogP contribution is 2.37. The quantitative estimate of drug-likeness (QED) is 0.378. The van der Waals surface area contributed by atoms with E-state index < -0.39 is 5.76 Å². The molecule has 0 radical (unpaired) electrons. The predicted molar refractivity (Wildman–Crippen MR) is 152 cm³/mol. The summed E-state index contributed by atoms with van der Waals surface area (Å²) in [6.07, 6.45) is 8.07. The number of hydrogen-bond donors (Lipinski definition) is 1. The average Bonchev–Trinajstić information content (AvgIpc) is 3.53.